The van der Waals surface area contributed by atoms with Gasteiger partial charge >= 0.3 is 33.0 Å². The molecule has 0 radical (unpaired) electrons. The van der Waals surface area contributed by atoms with Crippen LogP contribution >= 0.6 is 19.6 Å². The van der Waals surface area contributed by atoms with Gasteiger partial charge in [0.25, 0.3) is 0 Å². The molecule has 0 spiro atoms. The zero-order valence-electron chi connectivity index (χ0n) is 12.4. The van der Waals surface area contributed by atoms with Gasteiger partial charge < -0.3 is 0 Å². The van der Waals surface area contributed by atoms with Crippen molar-refractivity contribution in [3.63, 3.8) is 0 Å². The van der Waals surface area contributed by atoms with Crippen molar-refractivity contribution < 1.29 is 25.2 Å². The normalized spacial score (nSPS) is 14.4. The molecular formula is C15H17F6PS. The second kappa shape index (κ2) is 6.81. The molecule has 0 atom stereocenters. The number of halogens is 6. The van der Waals surface area contributed by atoms with Gasteiger partial charge in [-0.15, -0.1) is 0 Å². The molecule has 2 aromatic rings. The van der Waals surface area contributed by atoms with Gasteiger partial charge in [0.15, 0.2) is 0 Å². The third-order valence-corrected chi connectivity index (χ3v) is 3.59. The van der Waals surface area contributed by atoms with Gasteiger partial charge in [0.05, 0.1) is 23.9 Å². The molecule has 0 aliphatic heterocycles. The topological polar surface area (TPSA) is 0 Å². The number of thioether (sulfide) groups is 1. The van der Waals surface area contributed by atoms with Gasteiger partial charge in [-0.1, -0.05) is 49.4 Å². The van der Waals surface area contributed by atoms with Crippen molar-refractivity contribution in [3.05, 3.63) is 53.8 Å². The van der Waals surface area contributed by atoms with Crippen molar-refractivity contribution in [1.29, 1.82) is 0 Å². The Kier molecular flexibility index (Phi) is 5.92. The zero-order valence-corrected chi connectivity index (χ0v) is 14.1. The second-order valence-electron chi connectivity index (χ2n) is 4.86. The zero-order chi connectivity index (χ0) is 17.6. The molecule has 0 unspecified atom stereocenters. The summed E-state index contributed by atoms with van der Waals surface area (Å²) in [7, 11) is -10.7. The molecule has 0 amide bonds. The first-order valence-electron chi connectivity index (χ1n) is 6.83. The summed E-state index contributed by atoms with van der Waals surface area (Å²) in [4.78, 5) is 0. The standard InChI is InChI=1S/C15H17S.F6P/c1-2-3-11-16-12-14-9-6-8-13-7-4-5-10-15(13)14;1-7(2,3,4,5)6/h4-11H,2-3,12H2,1H3;/q+1;-1. The van der Waals surface area contributed by atoms with E-state index in [9.17, 15) is 25.2 Å². The first-order valence-corrected chi connectivity index (χ1v) is 9.91. The third kappa shape index (κ3) is 11.2. The van der Waals surface area contributed by atoms with Crippen molar-refractivity contribution in [1.82, 2.24) is 0 Å². The Bertz CT molecular complexity index is 622. The number of benzene rings is 2. The Morgan fingerprint density at radius 2 is 1.48 bits per heavy atom. The number of rotatable bonds is 5. The molecule has 0 saturated heterocycles. The van der Waals surface area contributed by atoms with Crippen LogP contribution in [0.15, 0.2) is 42.5 Å². The molecule has 0 heterocycles. The van der Waals surface area contributed by atoms with E-state index in [-0.39, 0.29) is 0 Å². The molecule has 130 valence electrons. The van der Waals surface area contributed by atoms with E-state index < -0.39 is 7.81 Å². The molecule has 0 aliphatic rings. The van der Waals surface area contributed by atoms with E-state index in [1.54, 1.807) is 0 Å². The van der Waals surface area contributed by atoms with Gasteiger partial charge in [-0.05, 0) is 22.8 Å². The maximum absolute atomic E-state index is 10.7. The summed E-state index contributed by atoms with van der Waals surface area (Å²) in [6.07, 6.45) is 2.44. The fourth-order valence-electron chi connectivity index (χ4n) is 1.77. The SMILES string of the molecule is CCC[CH+]SCc1cccc2ccccc12.F[P-](F)(F)(F)(F)F. The van der Waals surface area contributed by atoms with Gasteiger partial charge in [-0.3, -0.25) is 0 Å². The van der Waals surface area contributed by atoms with Crippen molar-refractivity contribution in [2.24, 2.45) is 0 Å². The van der Waals surface area contributed by atoms with Crippen LogP contribution in [0.5, 0.6) is 0 Å². The van der Waals surface area contributed by atoms with Crippen LogP contribution in [0, 0.1) is 5.75 Å². The minimum absolute atomic E-state index is 1.08. The molecule has 0 N–H and O–H groups in total. The third-order valence-electron chi connectivity index (χ3n) is 2.64. The van der Waals surface area contributed by atoms with Gasteiger partial charge in [-0.2, -0.15) is 0 Å². The van der Waals surface area contributed by atoms with E-state index in [1.165, 1.54) is 29.2 Å². The Morgan fingerprint density at radius 3 is 2.09 bits per heavy atom. The van der Waals surface area contributed by atoms with Crippen LogP contribution in [-0.4, -0.2) is 0 Å². The second-order valence-corrected chi connectivity index (χ2v) is 7.73. The first kappa shape index (κ1) is 20.0. The van der Waals surface area contributed by atoms with Crippen molar-refractivity contribution in [2.45, 2.75) is 25.5 Å². The number of unbranched alkanes of at least 4 members (excludes halogenated alkanes) is 1. The summed E-state index contributed by atoms with van der Waals surface area (Å²) in [5, 5.41) is 2.73. The molecule has 0 fully saturated rings. The molecule has 8 heteroatoms. The molecule has 0 aliphatic carbocycles. The number of hydrogen-bond acceptors (Lipinski definition) is 1. The van der Waals surface area contributed by atoms with Crippen LogP contribution in [-0.2, 0) is 5.75 Å². The average Bonchev–Trinajstić information content (AvgIpc) is 2.40. The monoisotopic (exact) mass is 374 g/mol. The van der Waals surface area contributed by atoms with Gasteiger partial charge in [0.1, 0.15) is 5.75 Å². The van der Waals surface area contributed by atoms with E-state index in [2.05, 4.69) is 55.1 Å². The summed E-state index contributed by atoms with van der Waals surface area (Å²) in [5.74, 6) is 3.41. The number of hydrogen-bond donors (Lipinski definition) is 0. The predicted molar refractivity (Wildman–Crippen MR) is 88.0 cm³/mol. The average molecular weight is 374 g/mol. The van der Waals surface area contributed by atoms with E-state index in [0.29, 0.717) is 0 Å². The quantitative estimate of drug-likeness (QED) is 0.219. The molecule has 0 aromatic heterocycles. The van der Waals surface area contributed by atoms with Gasteiger partial charge in [0.2, 0.25) is 0 Å². The Balaban J connectivity index is 0.000000322. The van der Waals surface area contributed by atoms with Crippen LogP contribution < -0.4 is 0 Å². The molecule has 2 aromatic carbocycles. The van der Waals surface area contributed by atoms with E-state index in [1.807, 2.05) is 11.8 Å². The molecule has 0 saturated carbocycles. The first-order chi connectivity index (χ1) is 10.4. The van der Waals surface area contributed by atoms with Crippen LogP contribution in [0.1, 0.15) is 25.3 Å². The van der Waals surface area contributed by atoms with Gasteiger partial charge in [-0.25, -0.2) is 0 Å². The van der Waals surface area contributed by atoms with Crippen molar-refractivity contribution >= 4 is 30.3 Å². The van der Waals surface area contributed by atoms with E-state index >= 15 is 0 Å². The summed E-state index contributed by atoms with van der Waals surface area (Å²) in [5.41, 5.74) is 1.44. The fraction of sp³-hybridized carbons (Fsp3) is 0.267. The van der Waals surface area contributed by atoms with E-state index in [0.717, 1.165) is 5.75 Å². The van der Waals surface area contributed by atoms with Gasteiger partial charge in [0, 0.05) is 0 Å². The molecule has 2 rings (SSSR count). The molecule has 0 bridgehead atoms. The van der Waals surface area contributed by atoms with Crippen molar-refractivity contribution in [3.8, 4) is 0 Å². The van der Waals surface area contributed by atoms with E-state index in [4.69, 9.17) is 0 Å². The summed E-state index contributed by atoms with van der Waals surface area (Å²) in [6.45, 7) is 2.22. The predicted octanol–water partition coefficient (Wildman–Crippen LogP) is 8.42. The molecule has 0 nitrogen and oxygen atoms in total. The van der Waals surface area contributed by atoms with Crippen LogP contribution in [0.2, 0.25) is 0 Å². The van der Waals surface area contributed by atoms with Crippen LogP contribution in [0.4, 0.5) is 25.2 Å². The minimum atomic E-state index is -10.7. The molecular weight excluding hydrogens is 357 g/mol. The molecule has 23 heavy (non-hydrogen) atoms. The summed E-state index contributed by atoms with van der Waals surface area (Å²) >= 11 is 1.92. The Labute approximate surface area is 135 Å². The maximum atomic E-state index is 9.87. The summed E-state index contributed by atoms with van der Waals surface area (Å²) in [6, 6.07) is 15.2. The summed E-state index contributed by atoms with van der Waals surface area (Å²) < 4.78 is 59.2. The number of fused-ring (bicyclic) bond motifs is 1. The fourth-order valence-corrected chi connectivity index (χ4v) is 2.72. The van der Waals surface area contributed by atoms with Crippen LogP contribution in [0.25, 0.3) is 10.8 Å². The Hall–Kier alpha value is -1.07. The Morgan fingerprint density at radius 1 is 0.913 bits per heavy atom. The van der Waals surface area contributed by atoms with Crippen molar-refractivity contribution in [2.75, 3.05) is 0 Å². The van der Waals surface area contributed by atoms with Crippen LogP contribution in [0.3, 0.4) is 0 Å².